The molecule has 92 valence electrons. The van der Waals surface area contributed by atoms with Gasteiger partial charge in [-0.05, 0) is 26.3 Å². The van der Waals surface area contributed by atoms with Crippen LogP contribution in [0.5, 0.6) is 0 Å². The molecule has 3 unspecified atom stereocenters. The Morgan fingerprint density at radius 1 is 1.44 bits per heavy atom. The van der Waals surface area contributed by atoms with Gasteiger partial charge in [0, 0.05) is 29.3 Å². The third kappa shape index (κ3) is 3.31. The van der Waals surface area contributed by atoms with Gasteiger partial charge in [-0.15, -0.1) is 11.8 Å². The van der Waals surface area contributed by atoms with Crippen molar-refractivity contribution >= 4 is 29.4 Å². The van der Waals surface area contributed by atoms with Crippen molar-refractivity contribution in [2.24, 2.45) is 0 Å². The molecule has 1 amide bonds. The zero-order chi connectivity index (χ0) is 11.4. The third-order valence-corrected chi connectivity index (χ3v) is 5.95. The van der Waals surface area contributed by atoms with Gasteiger partial charge in [-0.2, -0.15) is 11.8 Å². The maximum absolute atomic E-state index is 12.0. The second-order valence-electron chi connectivity index (χ2n) is 4.43. The average Bonchev–Trinajstić information content (AvgIpc) is 2.33. The van der Waals surface area contributed by atoms with Gasteiger partial charge in [0.1, 0.15) is 0 Å². The van der Waals surface area contributed by atoms with E-state index in [0.29, 0.717) is 12.1 Å². The lowest BCUT2D eigenvalue weighted by atomic mass is 10.00. The van der Waals surface area contributed by atoms with E-state index in [0.717, 1.165) is 24.5 Å². The maximum atomic E-state index is 12.0. The zero-order valence-electron chi connectivity index (χ0n) is 9.70. The summed E-state index contributed by atoms with van der Waals surface area (Å²) in [6.45, 7) is 3.24. The highest BCUT2D eigenvalue weighted by Crippen LogP contribution is 2.24. The second-order valence-corrected chi connectivity index (χ2v) is 6.89. The highest BCUT2D eigenvalue weighted by molar-refractivity contribution is 8.07. The number of piperidine rings is 1. The fourth-order valence-corrected chi connectivity index (χ4v) is 4.72. The maximum Gasteiger partial charge on any atom is 0.234 e. The molecular weight excluding hydrogens is 240 g/mol. The summed E-state index contributed by atoms with van der Waals surface area (Å²) < 4.78 is 0. The van der Waals surface area contributed by atoms with E-state index in [1.807, 2.05) is 23.5 Å². The van der Waals surface area contributed by atoms with E-state index in [1.165, 1.54) is 12.2 Å². The molecule has 0 aromatic carbocycles. The molecule has 0 saturated carbocycles. The van der Waals surface area contributed by atoms with Gasteiger partial charge in [0.25, 0.3) is 0 Å². The Morgan fingerprint density at radius 2 is 2.31 bits per heavy atom. The van der Waals surface area contributed by atoms with Gasteiger partial charge < -0.3 is 10.6 Å². The number of hydrogen-bond donors (Lipinski definition) is 2. The Kier molecular flexibility index (Phi) is 4.85. The van der Waals surface area contributed by atoms with Crippen molar-refractivity contribution in [3.8, 4) is 0 Å². The molecule has 2 heterocycles. The minimum Gasteiger partial charge on any atom is -0.351 e. The number of hydrogen-bond acceptors (Lipinski definition) is 4. The van der Waals surface area contributed by atoms with Crippen molar-refractivity contribution in [2.45, 2.75) is 37.1 Å². The van der Waals surface area contributed by atoms with Crippen LogP contribution < -0.4 is 10.6 Å². The summed E-state index contributed by atoms with van der Waals surface area (Å²) in [7, 11) is 0. The number of thioether (sulfide) groups is 2. The van der Waals surface area contributed by atoms with Crippen molar-refractivity contribution in [1.82, 2.24) is 10.6 Å². The van der Waals surface area contributed by atoms with E-state index in [1.54, 1.807) is 0 Å². The molecule has 0 bridgehead atoms. The largest absolute Gasteiger partial charge is 0.351 e. The van der Waals surface area contributed by atoms with Crippen molar-refractivity contribution in [1.29, 1.82) is 0 Å². The molecule has 2 aliphatic rings. The van der Waals surface area contributed by atoms with Crippen LogP contribution in [0.3, 0.4) is 0 Å². The summed E-state index contributed by atoms with van der Waals surface area (Å²) in [5.74, 6) is 3.53. The van der Waals surface area contributed by atoms with Gasteiger partial charge in [-0.1, -0.05) is 0 Å². The molecule has 2 fully saturated rings. The summed E-state index contributed by atoms with van der Waals surface area (Å²) in [5, 5.41) is 6.79. The van der Waals surface area contributed by atoms with Crippen LogP contribution in [0, 0.1) is 0 Å². The van der Waals surface area contributed by atoms with Gasteiger partial charge in [-0.3, -0.25) is 4.79 Å². The number of nitrogens with one attached hydrogen (secondary N) is 2. The van der Waals surface area contributed by atoms with E-state index >= 15 is 0 Å². The van der Waals surface area contributed by atoms with E-state index in [-0.39, 0.29) is 11.2 Å². The Morgan fingerprint density at radius 3 is 3.00 bits per heavy atom. The quantitative estimate of drug-likeness (QED) is 0.780. The van der Waals surface area contributed by atoms with Crippen LogP contribution in [0.15, 0.2) is 0 Å². The van der Waals surface area contributed by atoms with Crippen molar-refractivity contribution in [2.75, 3.05) is 23.8 Å². The van der Waals surface area contributed by atoms with Crippen LogP contribution in [0.2, 0.25) is 0 Å². The lowest BCUT2D eigenvalue weighted by molar-refractivity contribution is -0.121. The van der Waals surface area contributed by atoms with E-state index in [9.17, 15) is 4.79 Å². The minimum absolute atomic E-state index is 0.174. The number of carbonyl (C=O) groups is 1. The number of rotatable bonds is 2. The number of carbonyl (C=O) groups excluding carboxylic acids is 1. The zero-order valence-corrected chi connectivity index (χ0v) is 11.3. The SMILES string of the molecule is CC1NCCCC1NC(=O)C1CSCCS1. The Bertz CT molecular complexity index is 244. The average molecular weight is 260 g/mol. The molecule has 0 aromatic heterocycles. The van der Waals surface area contributed by atoms with Crippen LogP contribution in [0.1, 0.15) is 19.8 Å². The van der Waals surface area contributed by atoms with Gasteiger partial charge in [0.15, 0.2) is 0 Å². The Balaban J connectivity index is 1.80. The van der Waals surface area contributed by atoms with Crippen molar-refractivity contribution in [3.05, 3.63) is 0 Å². The summed E-state index contributed by atoms with van der Waals surface area (Å²) >= 11 is 3.70. The van der Waals surface area contributed by atoms with Crippen LogP contribution in [0.25, 0.3) is 0 Å². The molecule has 16 heavy (non-hydrogen) atoms. The molecule has 0 aromatic rings. The Hall–Kier alpha value is 0.130. The molecule has 2 rings (SSSR count). The lowest BCUT2D eigenvalue weighted by Crippen LogP contribution is -2.54. The highest BCUT2D eigenvalue weighted by Gasteiger charge is 2.27. The second kappa shape index (κ2) is 6.17. The topological polar surface area (TPSA) is 41.1 Å². The van der Waals surface area contributed by atoms with Crippen LogP contribution >= 0.6 is 23.5 Å². The van der Waals surface area contributed by atoms with Crippen LogP contribution in [-0.2, 0) is 4.79 Å². The highest BCUT2D eigenvalue weighted by atomic mass is 32.2. The molecule has 0 spiro atoms. The summed E-state index contributed by atoms with van der Waals surface area (Å²) in [6.07, 6.45) is 2.28. The molecule has 5 heteroatoms. The number of amides is 1. The predicted octanol–water partition coefficient (Wildman–Crippen LogP) is 1.09. The molecule has 2 saturated heterocycles. The van der Waals surface area contributed by atoms with E-state index < -0.39 is 0 Å². The minimum atomic E-state index is 0.174. The lowest BCUT2D eigenvalue weighted by Gasteiger charge is -2.32. The fourth-order valence-electron chi connectivity index (χ4n) is 2.16. The molecule has 3 nitrogen and oxygen atoms in total. The third-order valence-electron chi connectivity index (χ3n) is 3.20. The van der Waals surface area contributed by atoms with Crippen LogP contribution in [-0.4, -0.2) is 47.0 Å². The van der Waals surface area contributed by atoms with Gasteiger partial charge in [0.2, 0.25) is 5.91 Å². The molecule has 3 atom stereocenters. The first-order valence-corrected chi connectivity index (χ1v) is 8.21. The first kappa shape index (κ1) is 12.6. The first-order valence-electron chi connectivity index (χ1n) is 6.00. The van der Waals surface area contributed by atoms with Crippen molar-refractivity contribution in [3.63, 3.8) is 0 Å². The summed E-state index contributed by atoms with van der Waals surface area (Å²) in [4.78, 5) is 12.0. The molecular formula is C11H20N2OS2. The predicted molar refractivity (Wildman–Crippen MR) is 72.2 cm³/mol. The van der Waals surface area contributed by atoms with Gasteiger partial charge in [0.05, 0.1) is 5.25 Å². The fraction of sp³-hybridized carbons (Fsp3) is 0.909. The first-order chi connectivity index (χ1) is 7.77. The standard InChI is InChI=1S/C11H20N2OS2/c1-8-9(3-2-4-12-8)13-11(14)10-7-15-5-6-16-10/h8-10,12H,2-7H2,1H3,(H,13,14). The van der Waals surface area contributed by atoms with Crippen LogP contribution in [0.4, 0.5) is 0 Å². The molecule has 2 N–H and O–H groups in total. The smallest absolute Gasteiger partial charge is 0.234 e. The summed E-state index contributed by atoms with van der Waals surface area (Å²) in [6, 6.07) is 0.743. The van der Waals surface area contributed by atoms with Gasteiger partial charge >= 0.3 is 0 Å². The summed E-state index contributed by atoms with van der Waals surface area (Å²) in [5.41, 5.74) is 0. The molecule has 0 radical (unpaired) electrons. The Labute approximate surface area is 106 Å². The van der Waals surface area contributed by atoms with Crippen molar-refractivity contribution < 1.29 is 4.79 Å². The van der Waals surface area contributed by atoms with E-state index in [2.05, 4.69) is 17.6 Å². The molecule has 2 aliphatic heterocycles. The normalized spacial score (nSPS) is 35.7. The monoisotopic (exact) mass is 260 g/mol. The van der Waals surface area contributed by atoms with E-state index in [4.69, 9.17) is 0 Å². The van der Waals surface area contributed by atoms with Gasteiger partial charge in [-0.25, -0.2) is 0 Å². The molecule has 0 aliphatic carbocycles.